The Morgan fingerprint density at radius 1 is 1.52 bits per heavy atom. The van der Waals surface area contributed by atoms with E-state index in [9.17, 15) is 4.79 Å². The fourth-order valence-corrected chi connectivity index (χ4v) is 2.05. The summed E-state index contributed by atoms with van der Waals surface area (Å²) in [4.78, 5) is 14.2. The van der Waals surface area contributed by atoms with Crippen molar-refractivity contribution < 1.29 is 9.53 Å². The highest BCUT2D eigenvalue weighted by atomic mass is 16.5. The second-order valence-corrected chi connectivity index (χ2v) is 5.26. The Kier molecular flexibility index (Phi) is 7.39. The highest BCUT2D eigenvalue weighted by Gasteiger charge is 2.16. The molecule has 6 nitrogen and oxygen atoms in total. The molecule has 0 aliphatic rings. The normalized spacial score (nSPS) is 12.7. The van der Waals surface area contributed by atoms with Crippen LogP contribution in [0.15, 0.2) is 6.20 Å². The van der Waals surface area contributed by atoms with Gasteiger partial charge < -0.3 is 15.0 Å². The zero-order chi connectivity index (χ0) is 15.8. The van der Waals surface area contributed by atoms with Crippen LogP contribution in [0, 0.1) is 0 Å². The number of carbonyl (C=O) groups is 1. The Balaban J connectivity index is 2.48. The van der Waals surface area contributed by atoms with Crippen molar-refractivity contribution >= 4 is 5.97 Å². The van der Waals surface area contributed by atoms with Crippen LogP contribution >= 0.6 is 0 Å². The Morgan fingerprint density at radius 3 is 2.86 bits per heavy atom. The minimum absolute atomic E-state index is 0.306. The molecule has 1 aromatic rings. The summed E-state index contributed by atoms with van der Waals surface area (Å²) in [5.41, 5.74) is 1.40. The maximum atomic E-state index is 11.8. The molecule has 0 saturated heterocycles. The molecule has 0 amide bonds. The van der Waals surface area contributed by atoms with Crippen LogP contribution < -0.4 is 5.32 Å². The van der Waals surface area contributed by atoms with Crippen LogP contribution in [0.4, 0.5) is 0 Å². The number of nitrogens with one attached hydrogen (secondary N) is 1. The van der Waals surface area contributed by atoms with Crippen LogP contribution in [-0.4, -0.2) is 53.4 Å². The van der Waals surface area contributed by atoms with Gasteiger partial charge in [-0.2, -0.15) is 5.10 Å². The summed E-state index contributed by atoms with van der Waals surface area (Å²) in [5.74, 6) is -0.306. The van der Waals surface area contributed by atoms with E-state index in [1.807, 2.05) is 7.05 Å². The van der Waals surface area contributed by atoms with Gasteiger partial charge in [-0.15, -0.1) is 0 Å². The molecule has 0 saturated carbocycles. The summed E-state index contributed by atoms with van der Waals surface area (Å²) in [5, 5.41) is 7.51. The van der Waals surface area contributed by atoms with Crippen molar-refractivity contribution in [1.29, 1.82) is 0 Å². The predicted molar refractivity (Wildman–Crippen MR) is 83.3 cm³/mol. The molecular weight excluding hydrogens is 268 g/mol. The maximum Gasteiger partial charge on any atom is 0.341 e. The zero-order valence-corrected chi connectivity index (χ0v) is 13.8. The molecule has 0 radical (unpaired) electrons. The molecular formula is C15H28N4O2. The molecule has 0 fully saturated rings. The average Bonchev–Trinajstić information content (AvgIpc) is 2.84. The van der Waals surface area contributed by atoms with E-state index >= 15 is 0 Å². The van der Waals surface area contributed by atoms with Crippen LogP contribution in [0.3, 0.4) is 0 Å². The van der Waals surface area contributed by atoms with Gasteiger partial charge in [-0.25, -0.2) is 4.79 Å². The van der Waals surface area contributed by atoms with E-state index in [2.05, 4.69) is 36.2 Å². The summed E-state index contributed by atoms with van der Waals surface area (Å²) in [6, 6.07) is 0.582. The standard InChI is InChI=1S/C15H28N4O2/c1-6-12(3)18(4)9-8-16-11-14-13(10-17-19(14)5)15(20)21-7-2/h10,12,16H,6-9,11H2,1-5H3. The molecule has 0 aliphatic heterocycles. The Hall–Kier alpha value is -1.40. The molecule has 0 aliphatic carbocycles. The van der Waals surface area contributed by atoms with E-state index < -0.39 is 0 Å². The Morgan fingerprint density at radius 2 is 2.24 bits per heavy atom. The number of likely N-dealkylation sites (N-methyl/N-ethyl adjacent to an activating group) is 1. The molecule has 0 spiro atoms. The third-order valence-electron chi connectivity index (χ3n) is 3.83. The number of nitrogens with zero attached hydrogens (tertiary/aromatic N) is 3. The van der Waals surface area contributed by atoms with E-state index in [1.165, 1.54) is 0 Å². The van der Waals surface area contributed by atoms with Crippen LogP contribution in [-0.2, 0) is 18.3 Å². The predicted octanol–water partition coefficient (Wildman–Crippen LogP) is 1.42. The lowest BCUT2D eigenvalue weighted by Gasteiger charge is -2.23. The molecule has 1 rings (SSSR count). The van der Waals surface area contributed by atoms with Crippen LogP contribution in [0.2, 0.25) is 0 Å². The fourth-order valence-electron chi connectivity index (χ4n) is 2.05. The van der Waals surface area contributed by atoms with E-state index in [1.54, 1.807) is 17.8 Å². The van der Waals surface area contributed by atoms with Crippen molar-refractivity contribution in [2.45, 2.75) is 39.8 Å². The number of ether oxygens (including phenoxy) is 1. The third kappa shape index (κ3) is 5.13. The number of rotatable bonds is 9. The zero-order valence-electron chi connectivity index (χ0n) is 13.8. The minimum Gasteiger partial charge on any atom is -0.462 e. The maximum absolute atomic E-state index is 11.8. The van der Waals surface area contributed by atoms with Crippen molar-refractivity contribution in [2.24, 2.45) is 7.05 Å². The molecule has 120 valence electrons. The van der Waals surface area contributed by atoms with Crippen molar-refractivity contribution in [3.05, 3.63) is 17.5 Å². The largest absolute Gasteiger partial charge is 0.462 e. The monoisotopic (exact) mass is 296 g/mol. The molecule has 1 aromatic heterocycles. The molecule has 0 aromatic carbocycles. The van der Waals surface area contributed by atoms with E-state index in [4.69, 9.17) is 4.74 Å². The Bertz CT molecular complexity index is 445. The van der Waals surface area contributed by atoms with Gasteiger partial charge in [-0.05, 0) is 27.3 Å². The smallest absolute Gasteiger partial charge is 0.341 e. The minimum atomic E-state index is -0.306. The first kappa shape index (κ1) is 17.7. The summed E-state index contributed by atoms with van der Waals surface area (Å²) in [7, 11) is 3.97. The summed E-state index contributed by atoms with van der Waals surface area (Å²) in [6.07, 6.45) is 2.71. The number of esters is 1. The van der Waals surface area contributed by atoms with Crippen molar-refractivity contribution in [3.8, 4) is 0 Å². The number of hydrogen-bond donors (Lipinski definition) is 1. The second kappa shape index (κ2) is 8.79. The first-order valence-corrected chi connectivity index (χ1v) is 7.60. The molecule has 1 unspecified atom stereocenters. The molecule has 1 atom stereocenters. The highest BCUT2D eigenvalue weighted by Crippen LogP contribution is 2.09. The quantitative estimate of drug-likeness (QED) is 0.551. The van der Waals surface area contributed by atoms with Gasteiger partial charge >= 0.3 is 5.97 Å². The molecule has 6 heteroatoms. The number of aromatic nitrogens is 2. The van der Waals surface area contributed by atoms with E-state index in [0.29, 0.717) is 24.8 Å². The van der Waals surface area contributed by atoms with Crippen LogP contribution in [0.1, 0.15) is 43.2 Å². The van der Waals surface area contributed by atoms with Crippen LogP contribution in [0.5, 0.6) is 0 Å². The lowest BCUT2D eigenvalue weighted by Crippen LogP contribution is -2.35. The highest BCUT2D eigenvalue weighted by molar-refractivity contribution is 5.90. The van der Waals surface area contributed by atoms with Gasteiger partial charge in [-0.3, -0.25) is 4.68 Å². The summed E-state index contributed by atoms with van der Waals surface area (Å²) >= 11 is 0. The van der Waals surface area contributed by atoms with Crippen molar-refractivity contribution in [2.75, 3.05) is 26.7 Å². The van der Waals surface area contributed by atoms with Crippen LogP contribution in [0.25, 0.3) is 0 Å². The average molecular weight is 296 g/mol. The first-order valence-electron chi connectivity index (χ1n) is 7.60. The van der Waals surface area contributed by atoms with Gasteiger partial charge in [0, 0.05) is 32.7 Å². The first-order chi connectivity index (χ1) is 10.0. The van der Waals surface area contributed by atoms with Crippen molar-refractivity contribution in [3.63, 3.8) is 0 Å². The van der Waals surface area contributed by atoms with E-state index in [0.717, 1.165) is 25.2 Å². The molecule has 1 heterocycles. The number of aryl methyl sites for hydroxylation is 1. The summed E-state index contributed by atoms with van der Waals surface area (Å²) < 4.78 is 6.76. The van der Waals surface area contributed by atoms with Gasteiger partial charge in [0.05, 0.1) is 18.5 Å². The second-order valence-electron chi connectivity index (χ2n) is 5.26. The molecule has 1 N–H and O–H groups in total. The van der Waals surface area contributed by atoms with Gasteiger partial charge in [0.2, 0.25) is 0 Å². The summed E-state index contributed by atoms with van der Waals surface area (Å²) in [6.45, 7) is 9.04. The van der Waals surface area contributed by atoms with E-state index in [-0.39, 0.29) is 5.97 Å². The third-order valence-corrected chi connectivity index (χ3v) is 3.83. The number of carbonyl (C=O) groups excluding carboxylic acids is 1. The lowest BCUT2D eigenvalue weighted by molar-refractivity contribution is 0.0524. The SMILES string of the molecule is CCOC(=O)c1cnn(C)c1CNCCN(C)C(C)CC. The lowest BCUT2D eigenvalue weighted by atomic mass is 10.2. The molecule has 21 heavy (non-hydrogen) atoms. The number of hydrogen-bond acceptors (Lipinski definition) is 5. The van der Waals surface area contributed by atoms with Crippen molar-refractivity contribution in [1.82, 2.24) is 20.0 Å². The van der Waals surface area contributed by atoms with Gasteiger partial charge in [0.15, 0.2) is 0 Å². The van der Waals surface area contributed by atoms with Gasteiger partial charge in [0.1, 0.15) is 5.56 Å². The Labute approximate surface area is 127 Å². The fraction of sp³-hybridized carbons (Fsp3) is 0.733. The van der Waals surface area contributed by atoms with Gasteiger partial charge in [-0.1, -0.05) is 6.92 Å². The van der Waals surface area contributed by atoms with Gasteiger partial charge in [0.25, 0.3) is 0 Å². The molecule has 0 bridgehead atoms. The topological polar surface area (TPSA) is 59.4 Å².